The van der Waals surface area contributed by atoms with Gasteiger partial charge in [-0.05, 0) is 24.4 Å². The average molecular weight is 348 g/mol. The minimum atomic E-state index is -0.0516. The van der Waals surface area contributed by atoms with Crippen LogP contribution in [0.2, 0.25) is 10.0 Å². The zero-order chi connectivity index (χ0) is 15.2. The fourth-order valence-corrected chi connectivity index (χ4v) is 3.62. The second kappa shape index (κ2) is 8.15. The van der Waals surface area contributed by atoms with Crippen molar-refractivity contribution in [2.24, 2.45) is 0 Å². The molecule has 7 heteroatoms. The van der Waals surface area contributed by atoms with Crippen LogP contribution in [0.5, 0.6) is 0 Å². The molecular weight excluding hydrogens is 329 g/mol. The first-order valence-corrected chi connectivity index (χ1v) is 8.49. The van der Waals surface area contributed by atoms with Gasteiger partial charge in [0.25, 0.3) is 0 Å². The van der Waals surface area contributed by atoms with Crippen molar-refractivity contribution < 1.29 is 4.74 Å². The van der Waals surface area contributed by atoms with Crippen LogP contribution in [0.4, 0.5) is 0 Å². The molecule has 21 heavy (non-hydrogen) atoms. The van der Waals surface area contributed by atoms with Crippen LogP contribution in [0.1, 0.15) is 30.0 Å². The van der Waals surface area contributed by atoms with Crippen LogP contribution in [-0.2, 0) is 11.3 Å². The van der Waals surface area contributed by atoms with Crippen LogP contribution >= 0.6 is 34.5 Å². The monoisotopic (exact) mass is 347 g/mol. The van der Waals surface area contributed by atoms with Gasteiger partial charge in [0.1, 0.15) is 0 Å². The highest BCUT2D eigenvalue weighted by Crippen LogP contribution is 2.35. The molecule has 0 saturated carbocycles. The normalized spacial score (nSPS) is 12.8. The summed E-state index contributed by atoms with van der Waals surface area (Å²) in [6, 6.07) is 1.86. The number of nitrogens with zero attached hydrogens (tertiary/aromatic N) is 2. The number of methoxy groups -OCH3 is 1. The maximum atomic E-state index is 6.36. The van der Waals surface area contributed by atoms with E-state index in [0.29, 0.717) is 18.2 Å². The van der Waals surface area contributed by atoms with E-state index >= 15 is 0 Å². The van der Waals surface area contributed by atoms with E-state index < -0.39 is 0 Å². The lowest BCUT2D eigenvalue weighted by Crippen LogP contribution is -2.26. The first kappa shape index (κ1) is 16.8. The van der Waals surface area contributed by atoms with E-state index in [0.717, 1.165) is 28.6 Å². The Bertz CT molecular complexity index is 570. The van der Waals surface area contributed by atoms with Gasteiger partial charge < -0.3 is 10.1 Å². The first-order chi connectivity index (χ1) is 10.2. The molecule has 1 atom stereocenters. The lowest BCUT2D eigenvalue weighted by atomic mass is 10.1. The summed E-state index contributed by atoms with van der Waals surface area (Å²) in [5, 5.41) is 11.2. The second-order valence-electron chi connectivity index (χ2n) is 4.61. The van der Waals surface area contributed by atoms with Gasteiger partial charge in [-0.15, -0.1) is 11.3 Å². The van der Waals surface area contributed by atoms with Crippen molar-refractivity contribution in [1.82, 2.24) is 15.1 Å². The maximum absolute atomic E-state index is 6.36. The van der Waals surface area contributed by atoms with E-state index in [9.17, 15) is 0 Å². The highest BCUT2D eigenvalue weighted by atomic mass is 35.5. The SMILES string of the molecule is CCCNC(c1sccc1Cl)c1c(Cl)cnn1CCOC. The van der Waals surface area contributed by atoms with Gasteiger partial charge in [0.05, 0.1) is 41.1 Å². The molecule has 0 spiro atoms. The molecule has 0 aliphatic rings. The van der Waals surface area contributed by atoms with Gasteiger partial charge in [-0.3, -0.25) is 4.68 Å². The lowest BCUT2D eigenvalue weighted by molar-refractivity contribution is 0.182. The van der Waals surface area contributed by atoms with Gasteiger partial charge >= 0.3 is 0 Å². The largest absolute Gasteiger partial charge is 0.383 e. The molecule has 0 radical (unpaired) electrons. The fraction of sp³-hybridized carbons (Fsp3) is 0.500. The molecule has 0 fully saturated rings. The van der Waals surface area contributed by atoms with Gasteiger partial charge in [-0.2, -0.15) is 5.10 Å². The second-order valence-corrected chi connectivity index (χ2v) is 6.38. The summed E-state index contributed by atoms with van der Waals surface area (Å²) in [6.45, 7) is 4.25. The molecule has 116 valence electrons. The first-order valence-electron chi connectivity index (χ1n) is 6.85. The molecule has 2 heterocycles. The Morgan fingerprint density at radius 2 is 2.24 bits per heavy atom. The smallest absolute Gasteiger partial charge is 0.0872 e. The molecular formula is C14H19Cl2N3OS. The van der Waals surface area contributed by atoms with Gasteiger partial charge in [-0.25, -0.2) is 0 Å². The Morgan fingerprint density at radius 3 is 2.86 bits per heavy atom. The number of hydrogen-bond acceptors (Lipinski definition) is 4. The molecule has 0 bridgehead atoms. The predicted molar refractivity (Wildman–Crippen MR) is 88.6 cm³/mol. The fourth-order valence-electron chi connectivity index (χ4n) is 2.13. The highest BCUT2D eigenvalue weighted by molar-refractivity contribution is 7.10. The van der Waals surface area contributed by atoms with Crippen molar-refractivity contribution in [3.63, 3.8) is 0 Å². The van der Waals surface area contributed by atoms with Crippen LogP contribution in [0.15, 0.2) is 17.6 Å². The molecule has 2 aromatic heterocycles. The third-order valence-electron chi connectivity index (χ3n) is 3.12. The topological polar surface area (TPSA) is 39.1 Å². The van der Waals surface area contributed by atoms with E-state index in [1.165, 1.54) is 0 Å². The lowest BCUT2D eigenvalue weighted by Gasteiger charge is -2.20. The third kappa shape index (κ3) is 3.99. The number of rotatable bonds is 8. The summed E-state index contributed by atoms with van der Waals surface area (Å²) < 4.78 is 7.02. The molecule has 4 nitrogen and oxygen atoms in total. The zero-order valence-corrected chi connectivity index (χ0v) is 14.4. The van der Waals surface area contributed by atoms with E-state index in [4.69, 9.17) is 27.9 Å². The van der Waals surface area contributed by atoms with Crippen molar-refractivity contribution in [2.75, 3.05) is 20.3 Å². The molecule has 2 rings (SSSR count). The Morgan fingerprint density at radius 1 is 1.43 bits per heavy atom. The summed E-state index contributed by atoms with van der Waals surface area (Å²) in [6.07, 6.45) is 2.71. The molecule has 1 unspecified atom stereocenters. The Balaban J connectivity index is 2.36. The zero-order valence-electron chi connectivity index (χ0n) is 12.1. The quantitative estimate of drug-likeness (QED) is 0.784. The van der Waals surface area contributed by atoms with E-state index in [1.54, 1.807) is 24.6 Å². The summed E-state index contributed by atoms with van der Waals surface area (Å²) in [5.74, 6) is 0. The summed E-state index contributed by atoms with van der Waals surface area (Å²) in [7, 11) is 1.67. The summed E-state index contributed by atoms with van der Waals surface area (Å²) in [4.78, 5) is 1.06. The minimum absolute atomic E-state index is 0.0516. The van der Waals surface area contributed by atoms with Crippen LogP contribution in [-0.4, -0.2) is 30.0 Å². The number of ether oxygens (including phenoxy) is 1. The Labute approximate surface area is 139 Å². The van der Waals surface area contributed by atoms with Crippen LogP contribution in [0.25, 0.3) is 0 Å². The van der Waals surface area contributed by atoms with Crippen molar-refractivity contribution >= 4 is 34.5 Å². The van der Waals surface area contributed by atoms with E-state index in [2.05, 4.69) is 17.3 Å². The Hall–Kier alpha value is -0.590. The van der Waals surface area contributed by atoms with Gasteiger partial charge in [0.2, 0.25) is 0 Å². The maximum Gasteiger partial charge on any atom is 0.0872 e. The molecule has 0 aliphatic heterocycles. The van der Waals surface area contributed by atoms with E-state index in [1.807, 2.05) is 16.1 Å². The number of halogens is 2. The number of nitrogens with one attached hydrogen (secondary N) is 1. The van der Waals surface area contributed by atoms with E-state index in [-0.39, 0.29) is 6.04 Å². The third-order valence-corrected chi connectivity index (χ3v) is 4.83. The Kier molecular flexibility index (Phi) is 6.51. The van der Waals surface area contributed by atoms with Gasteiger partial charge in [0, 0.05) is 12.0 Å². The van der Waals surface area contributed by atoms with Crippen molar-refractivity contribution in [1.29, 1.82) is 0 Å². The number of aromatic nitrogens is 2. The molecule has 0 amide bonds. The molecule has 2 aromatic rings. The highest BCUT2D eigenvalue weighted by Gasteiger charge is 2.24. The van der Waals surface area contributed by atoms with Crippen LogP contribution < -0.4 is 5.32 Å². The minimum Gasteiger partial charge on any atom is -0.383 e. The molecule has 0 saturated heterocycles. The van der Waals surface area contributed by atoms with Crippen molar-refractivity contribution in [3.8, 4) is 0 Å². The molecule has 1 N–H and O–H groups in total. The molecule has 0 aliphatic carbocycles. The number of thiophene rings is 1. The van der Waals surface area contributed by atoms with Gasteiger partial charge in [-0.1, -0.05) is 30.1 Å². The summed E-state index contributed by atoms with van der Waals surface area (Å²) in [5.41, 5.74) is 0.937. The standard InChI is InChI=1S/C14H19Cl2N3OS/c1-3-5-17-12(14-10(15)4-8-21-14)13-11(16)9-18-19(13)6-7-20-2/h4,8-9,12,17H,3,5-7H2,1-2H3. The van der Waals surface area contributed by atoms with Gasteiger partial charge in [0.15, 0.2) is 0 Å². The van der Waals surface area contributed by atoms with Crippen LogP contribution in [0, 0.1) is 0 Å². The predicted octanol–water partition coefficient (Wildman–Crippen LogP) is 3.99. The number of hydrogen-bond donors (Lipinski definition) is 1. The van der Waals surface area contributed by atoms with Crippen molar-refractivity contribution in [3.05, 3.63) is 38.3 Å². The molecule has 0 aromatic carbocycles. The summed E-state index contributed by atoms with van der Waals surface area (Å²) >= 11 is 14.3. The van der Waals surface area contributed by atoms with Crippen LogP contribution in [0.3, 0.4) is 0 Å². The van der Waals surface area contributed by atoms with Crippen molar-refractivity contribution in [2.45, 2.75) is 25.9 Å². The average Bonchev–Trinajstić information content (AvgIpc) is 3.05.